The van der Waals surface area contributed by atoms with Crippen molar-refractivity contribution in [2.24, 2.45) is 5.73 Å². The highest BCUT2D eigenvalue weighted by Crippen LogP contribution is 2.28. The number of ether oxygens (including phenoxy) is 1. The fourth-order valence-electron chi connectivity index (χ4n) is 2.83. The van der Waals surface area contributed by atoms with E-state index in [-0.39, 0.29) is 30.2 Å². The molecule has 3 rings (SSSR count). The predicted molar refractivity (Wildman–Crippen MR) is 97.6 cm³/mol. The second-order valence-corrected chi connectivity index (χ2v) is 6.88. The summed E-state index contributed by atoms with van der Waals surface area (Å²) in [5.41, 5.74) is 5.46. The van der Waals surface area contributed by atoms with E-state index >= 15 is 0 Å². The first-order valence-electron chi connectivity index (χ1n) is 7.97. The summed E-state index contributed by atoms with van der Waals surface area (Å²) in [5.74, 6) is -0.239. The van der Waals surface area contributed by atoms with Crippen LogP contribution in [0.2, 0.25) is 0 Å². The Morgan fingerprint density at radius 1 is 1.33 bits per heavy atom. The number of rotatable bonds is 5. The SMILES string of the molecule is Cl.NCCCOC1CCN(C(=O)c2cc3cc(F)ccc3s2)CC1. The first kappa shape index (κ1) is 19.1. The van der Waals surface area contributed by atoms with Crippen molar-refractivity contribution < 1.29 is 13.9 Å². The molecule has 1 aliphatic rings. The maximum Gasteiger partial charge on any atom is 0.263 e. The van der Waals surface area contributed by atoms with Gasteiger partial charge < -0.3 is 15.4 Å². The zero-order chi connectivity index (χ0) is 16.2. The number of carbonyl (C=O) groups is 1. The first-order chi connectivity index (χ1) is 11.2. The van der Waals surface area contributed by atoms with Crippen molar-refractivity contribution in [3.63, 3.8) is 0 Å². The predicted octanol–water partition coefficient (Wildman–Crippen LogP) is 3.43. The minimum Gasteiger partial charge on any atom is -0.378 e. The molecule has 7 heteroatoms. The molecule has 0 radical (unpaired) electrons. The molecule has 1 amide bonds. The lowest BCUT2D eigenvalue weighted by atomic mass is 10.1. The van der Waals surface area contributed by atoms with E-state index in [4.69, 9.17) is 10.5 Å². The molecule has 0 atom stereocenters. The Morgan fingerprint density at radius 3 is 2.79 bits per heavy atom. The number of nitrogens with two attached hydrogens (primary N) is 1. The molecular weight excluding hydrogens is 351 g/mol. The maximum atomic E-state index is 13.3. The number of fused-ring (bicyclic) bond motifs is 1. The van der Waals surface area contributed by atoms with Gasteiger partial charge in [0.15, 0.2) is 0 Å². The Labute approximate surface area is 151 Å². The third-order valence-corrected chi connectivity index (χ3v) is 5.22. The van der Waals surface area contributed by atoms with Crippen LogP contribution in [0.3, 0.4) is 0 Å². The van der Waals surface area contributed by atoms with Crippen LogP contribution in [0.25, 0.3) is 10.1 Å². The summed E-state index contributed by atoms with van der Waals surface area (Å²) in [6, 6.07) is 6.41. The van der Waals surface area contributed by atoms with Gasteiger partial charge in [0.2, 0.25) is 0 Å². The van der Waals surface area contributed by atoms with Crippen molar-refractivity contribution in [2.45, 2.75) is 25.4 Å². The van der Waals surface area contributed by atoms with Gasteiger partial charge >= 0.3 is 0 Å². The van der Waals surface area contributed by atoms with E-state index < -0.39 is 0 Å². The molecule has 0 unspecified atom stereocenters. The van der Waals surface area contributed by atoms with Crippen LogP contribution in [-0.4, -0.2) is 43.2 Å². The van der Waals surface area contributed by atoms with Gasteiger partial charge in [-0.2, -0.15) is 0 Å². The molecule has 1 aromatic carbocycles. The lowest BCUT2D eigenvalue weighted by Crippen LogP contribution is -2.40. The van der Waals surface area contributed by atoms with Crippen LogP contribution in [0.4, 0.5) is 4.39 Å². The molecule has 0 aliphatic carbocycles. The van der Waals surface area contributed by atoms with E-state index in [9.17, 15) is 9.18 Å². The molecule has 1 aliphatic heterocycles. The highest BCUT2D eigenvalue weighted by Gasteiger charge is 2.25. The van der Waals surface area contributed by atoms with Crippen LogP contribution in [0.1, 0.15) is 28.9 Å². The highest BCUT2D eigenvalue weighted by atomic mass is 35.5. The Bertz CT molecular complexity index is 686. The minimum absolute atomic E-state index is 0. The molecule has 0 saturated carbocycles. The summed E-state index contributed by atoms with van der Waals surface area (Å²) in [6.07, 6.45) is 2.81. The second kappa shape index (κ2) is 8.76. The number of hydrogen-bond acceptors (Lipinski definition) is 4. The second-order valence-electron chi connectivity index (χ2n) is 5.80. The lowest BCUT2D eigenvalue weighted by Gasteiger charge is -2.31. The Hall–Kier alpha value is -1.21. The topological polar surface area (TPSA) is 55.6 Å². The van der Waals surface area contributed by atoms with Crippen LogP contribution < -0.4 is 5.73 Å². The molecule has 0 spiro atoms. The van der Waals surface area contributed by atoms with Crippen LogP contribution in [0, 0.1) is 5.82 Å². The number of nitrogens with zero attached hydrogens (tertiary/aromatic N) is 1. The van der Waals surface area contributed by atoms with Gasteiger partial charge in [-0.1, -0.05) is 0 Å². The van der Waals surface area contributed by atoms with Crippen molar-refractivity contribution in [3.8, 4) is 0 Å². The number of hydrogen-bond donors (Lipinski definition) is 1. The maximum absolute atomic E-state index is 13.3. The first-order valence-corrected chi connectivity index (χ1v) is 8.79. The summed E-state index contributed by atoms with van der Waals surface area (Å²) in [5, 5.41) is 0.790. The van der Waals surface area contributed by atoms with Crippen molar-refractivity contribution in [1.29, 1.82) is 0 Å². The van der Waals surface area contributed by atoms with Crippen LogP contribution in [0.5, 0.6) is 0 Å². The number of halogens is 2. The van der Waals surface area contributed by atoms with E-state index in [2.05, 4.69) is 0 Å². The fourth-order valence-corrected chi connectivity index (χ4v) is 3.85. The number of amides is 1. The van der Waals surface area contributed by atoms with Gasteiger partial charge in [-0.05, 0) is 55.5 Å². The van der Waals surface area contributed by atoms with E-state index in [1.54, 1.807) is 12.1 Å². The molecule has 132 valence electrons. The molecule has 2 heterocycles. The van der Waals surface area contributed by atoms with E-state index in [0.717, 1.165) is 29.3 Å². The average molecular weight is 373 g/mol. The smallest absolute Gasteiger partial charge is 0.263 e. The van der Waals surface area contributed by atoms with Crippen LogP contribution in [0.15, 0.2) is 24.3 Å². The molecule has 2 aromatic rings. The third kappa shape index (κ3) is 4.45. The van der Waals surface area contributed by atoms with Gasteiger partial charge in [-0.15, -0.1) is 23.7 Å². The van der Waals surface area contributed by atoms with Gasteiger partial charge in [-0.25, -0.2) is 4.39 Å². The average Bonchev–Trinajstić information content (AvgIpc) is 2.98. The molecule has 1 saturated heterocycles. The normalized spacial score (nSPS) is 15.5. The number of piperidine rings is 1. The van der Waals surface area contributed by atoms with Crippen molar-refractivity contribution in [1.82, 2.24) is 4.90 Å². The summed E-state index contributed by atoms with van der Waals surface area (Å²) < 4.78 is 20.0. The zero-order valence-electron chi connectivity index (χ0n) is 13.4. The van der Waals surface area contributed by atoms with Gasteiger partial charge in [-0.3, -0.25) is 4.79 Å². The molecule has 2 N–H and O–H groups in total. The molecule has 1 fully saturated rings. The minimum atomic E-state index is -0.273. The lowest BCUT2D eigenvalue weighted by molar-refractivity contribution is 0.00858. The summed E-state index contributed by atoms with van der Waals surface area (Å²) in [6.45, 7) is 2.74. The van der Waals surface area contributed by atoms with Crippen molar-refractivity contribution in [3.05, 3.63) is 35.0 Å². The van der Waals surface area contributed by atoms with E-state index in [1.165, 1.54) is 23.5 Å². The fraction of sp³-hybridized carbons (Fsp3) is 0.471. The van der Waals surface area contributed by atoms with Crippen LogP contribution >= 0.6 is 23.7 Å². The summed E-state index contributed by atoms with van der Waals surface area (Å²) in [4.78, 5) is 15.1. The number of carbonyl (C=O) groups excluding carboxylic acids is 1. The Morgan fingerprint density at radius 2 is 2.08 bits per heavy atom. The summed E-state index contributed by atoms with van der Waals surface area (Å²) >= 11 is 1.42. The van der Waals surface area contributed by atoms with Crippen LogP contribution in [-0.2, 0) is 4.74 Å². The molecule has 0 bridgehead atoms. The largest absolute Gasteiger partial charge is 0.378 e. The zero-order valence-corrected chi connectivity index (χ0v) is 15.0. The summed E-state index contributed by atoms with van der Waals surface area (Å²) in [7, 11) is 0. The van der Waals surface area contributed by atoms with Gasteiger partial charge in [0.05, 0.1) is 11.0 Å². The van der Waals surface area contributed by atoms with Crippen molar-refractivity contribution in [2.75, 3.05) is 26.2 Å². The molecule has 1 aromatic heterocycles. The quantitative estimate of drug-likeness (QED) is 0.818. The number of thiophene rings is 1. The Kier molecular flexibility index (Phi) is 6.98. The molecule has 24 heavy (non-hydrogen) atoms. The van der Waals surface area contributed by atoms with Crippen molar-refractivity contribution >= 4 is 39.7 Å². The standard InChI is InChI=1S/C17H21FN2O2S.ClH/c18-13-2-3-15-12(10-13)11-16(23-15)17(21)20-7-4-14(5-8-20)22-9-1-6-19;/h2-3,10-11,14H,1,4-9,19H2;1H. The Balaban J connectivity index is 0.00000208. The molecular formula is C17H22ClFN2O2S. The van der Waals surface area contributed by atoms with E-state index in [1.807, 2.05) is 4.90 Å². The van der Waals surface area contributed by atoms with Gasteiger partial charge in [0.25, 0.3) is 5.91 Å². The third-order valence-electron chi connectivity index (χ3n) is 4.12. The molecule has 4 nitrogen and oxygen atoms in total. The van der Waals surface area contributed by atoms with Gasteiger partial charge in [0.1, 0.15) is 5.82 Å². The van der Waals surface area contributed by atoms with Gasteiger partial charge in [0, 0.05) is 24.4 Å². The number of likely N-dealkylation sites (tertiary alicyclic amines) is 1. The number of benzene rings is 1. The monoisotopic (exact) mass is 372 g/mol. The highest BCUT2D eigenvalue weighted by molar-refractivity contribution is 7.20. The van der Waals surface area contributed by atoms with E-state index in [0.29, 0.717) is 31.1 Å².